The van der Waals surface area contributed by atoms with Gasteiger partial charge < -0.3 is 9.84 Å². The normalized spacial score (nSPS) is 10.5. The molecule has 1 aromatic heterocycles. The Balaban J connectivity index is 3.30. The number of hydrogen-bond donors (Lipinski definition) is 1. The fourth-order valence-corrected chi connectivity index (χ4v) is 0.981. The second-order valence-corrected chi connectivity index (χ2v) is 2.54. The Hall–Kier alpha value is -1.10. The first-order valence-electron chi connectivity index (χ1n) is 3.27. The average molecular weight is 210 g/mol. The molecular formula is C7H6ClF2NO2. The number of halogens is 3. The van der Waals surface area contributed by atoms with Gasteiger partial charge in [-0.1, -0.05) is 11.6 Å². The van der Waals surface area contributed by atoms with Crippen LogP contribution in [-0.4, -0.2) is 17.2 Å². The highest BCUT2D eigenvalue weighted by molar-refractivity contribution is 6.31. The van der Waals surface area contributed by atoms with Crippen LogP contribution in [0, 0.1) is 0 Å². The maximum absolute atomic E-state index is 12.3. The van der Waals surface area contributed by atoms with Gasteiger partial charge in [0.1, 0.15) is 0 Å². The first-order chi connectivity index (χ1) is 6.07. The van der Waals surface area contributed by atoms with Crippen LogP contribution in [-0.2, 0) is 0 Å². The molecule has 6 heteroatoms. The van der Waals surface area contributed by atoms with Crippen molar-refractivity contribution in [2.24, 2.45) is 0 Å². The molecule has 1 heterocycles. The standard InChI is InChI=1S/C7H6ClF2NO2/c1-13-5-3(7(9)10)2-11-6(8)4(5)12/h2,7,12H,1H3. The number of methoxy groups -OCH3 is 1. The third kappa shape index (κ3) is 1.80. The summed E-state index contributed by atoms with van der Waals surface area (Å²) in [6.07, 6.45) is -1.89. The third-order valence-corrected chi connectivity index (χ3v) is 1.71. The van der Waals surface area contributed by atoms with E-state index in [1.54, 1.807) is 0 Å². The average Bonchev–Trinajstić information content (AvgIpc) is 2.09. The third-order valence-electron chi connectivity index (χ3n) is 1.43. The van der Waals surface area contributed by atoms with E-state index >= 15 is 0 Å². The summed E-state index contributed by atoms with van der Waals surface area (Å²) in [6, 6.07) is 0. The van der Waals surface area contributed by atoms with Gasteiger partial charge in [0.05, 0.1) is 12.7 Å². The maximum atomic E-state index is 12.3. The van der Waals surface area contributed by atoms with Gasteiger partial charge in [0.25, 0.3) is 6.43 Å². The highest BCUT2D eigenvalue weighted by Gasteiger charge is 2.19. The number of aromatic nitrogens is 1. The molecule has 0 aromatic carbocycles. The van der Waals surface area contributed by atoms with Gasteiger partial charge in [0.15, 0.2) is 16.7 Å². The first kappa shape index (κ1) is 9.98. The SMILES string of the molecule is COc1c(C(F)F)cnc(Cl)c1O. The summed E-state index contributed by atoms with van der Waals surface area (Å²) in [7, 11) is 1.16. The van der Waals surface area contributed by atoms with E-state index in [2.05, 4.69) is 9.72 Å². The lowest BCUT2D eigenvalue weighted by atomic mass is 10.2. The maximum Gasteiger partial charge on any atom is 0.269 e. The number of ether oxygens (including phenoxy) is 1. The Morgan fingerprint density at radius 3 is 2.69 bits per heavy atom. The molecule has 0 spiro atoms. The van der Waals surface area contributed by atoms with Gasteiger partial charge >= 0.3 is 0 Å². The zero-order chi connectivity index (χ0) is 10.0. The molecule has 0 saturated carbocycles. The van der Waals surface area contributed by atoms with E-state index in [-0.39, 0.29) is 10.9 Å². The molecule has 0 aliphatic rings. The molecule has 0 fully saturated rings. The molecule has 1 aromatic rings. The molecule has 0 bridgehead atoms. The van der Waals surface area contributed by atoms with E-state index in [4.69, 9.17) is 11.6 Å². The van der Waals surface area contributed by atoms with E-state index in [1.807, 2.05) is 0 Å². The molecule has 1 N–H and O–H groups in total. The summed E-state index contributed by atoms with van der Waals surface area (Å²) in [6.45, 7) is 0. The first-order valence-corrected chi connectivity index (χ1v) is 3.65. The van der Waals surface area contributed by atoms with Crippen LogP contribution in [0.2, 0.25) is 5.15 Å². The highest BCUT2D eigenvalue weighted by atomic mass is 35.5. The van der Waals surface area contributed by atoms with Crippen molar-refractivity contribution >= 4 is 11.6 Å². The lowest BCUT2D eigenvalue weighted by molar-refractivity contribution is 0.145. The number of rotatable bonds is 2. The van der Waals surface area contributed by atoms with Crippen LogP contribution in [0.5, 0.6) is 11.5 Å². The van der Waals surface area contributed by atoms with Crippen molar-refractivity contribution in [2.45, 2.75) is 6.43 Å². The van der Waals surface area contributed by atoms with E-state index < -0.39 is 17.7 Å². The Morgan fingerprint density at radius 2 is 2.23 bits per heavy atom. The molecule has 0 aliphatic carbocycles. The molecule has 0 atom stereocenters. The van der Waals surface area contributed by atoms with Crippen LogP contribution in [0.25, 0.3) is 0 Å². The molecule has 0 aliphatic heterocycles. The molecule has 0 saturated heterocycles. The van der Waals surface area contributed by atoms with Gasteiger partial charge in [-0.15, -0.1) is 0 Å². The fraction of sp³-hybridized carbons (Fsp3) is 0.286. The van der Waals surface area contributed by atoms with Crippen LogP contribution >= 0.6 is 11.6 Å². The van der Waals surface area contributed by atoms with Crippen molar-refractivity contribution in [2.75, 3.05) is 7.11 Å². The van der Waals surface area contributed by atoms with E-state index in [9.17, 15) is 13.9 Å². The van der Waals surface area contributed by atoms with Crippen LogP contribution < -0.4 is 4.74 Å². The summed E-state index contributed by atoms with van der Waals surface area (Å²) in [5, 5.41) is 8.91. The highest BCUT2D eigenvalue weighted by Crippen LogP contribution is 2.39. The zero-order valence-electron chi connectivity index (χ0n) is 6.59. The summed E-state index contributed by atoms with van der Waals surface area (Å²) in [5.41, 5.74) is -0.482. The van der Waals surface area contributed by atoms with Crippen LogP contribution in [0.15, 0.2) is 6.20 Å². The van der Waals surface area contributed by atoms with Crippen LogP contribution in [0.3, 0.4) is 0 Å². The second-order valence-electron chi connectivity index (χ2n) is 2.19. The summed E-state index contributed by atoms with van der Waals surface area (Å²) in [5.74, 6) is -0.906. The Bertz CT molecular complexity index is 320. The van der Waals surface area contributed by atoms with Gasteiger partial charge in [-0.2, -0.15) is 0 Å². The van der Waals surface area contributed by atoms with Crippen molar-refractivity contribution < 1.29 is 18.6 Å². The quantitative estimate of drug-likeness (QED) is 0.761. The van der Waals surface area contributed by atoms with Crippen molar-refractivity contribution in [3.8, 4) is 11.5 Å². The minimum absolute atomic E-state index is 0.263. The van der Waals surface area contributed by atoms with Gasteiger partial charge in [-0.05, 0) is 0 Å². The van der Waals surface area contributed by atoms with E-state index in [0.717, 1.165) is 13.3 Å². The zero-order valence-corrected chi connectivity index (χ0v) is 7.35. The molecule has 0 amide bonds. The second kappa shape index (κ2) is 3.74. The van der Waals surface area contributed by atoms with E-state index in [0.29, 0.717) is 0 Å². The minimum Gasteiger partial charge on any atom is -0.502 e. The number of aromatic hydroxyl groups is 1. The molecule has 72 valence electrons. The summed E-state index contributed by atoms with van der Waals surface area (Å²) < 4.78 is 29.1. The number of hydrogen-bond acceptors (Lipinski definition) is 3. The van der Waals surface area contributed by atoms with Crippen molar-refractivity contribution in [1.29, 1.82) is 0 Å². The van der Waals surface area contributed by atoms with Gasteiger partial charge in [-0.25, -0.2) is 13.8 Å². The molecule has 0 radical (unpaired) electrons. The fourth-order valence-electron chi connectivity index (χ4n) is 0.846. The molecule has 1 rings (SSSR count). The Labute approximate surface area is 77.9 Å². The smallest absolute Gasteiger partial charge is 0.269 e. The predicted molar refractivity (Wildman–Crippen MR) is 42.4 cm³/mol. The van der Waals surface area contributed by atoms with Gasteiger partial charge in [-0.3, -0.25) is 0 Å². The van der Waals surface area contributed by atoms with Gasteiger partial charge in [0.2, 0.25) is 0 Å². The van der Waals surface area contributed by atoms with Gasteiger partial charge in [0, 0.05) is 6.20 Å². The molecule has 0 unspecified atom stereocenters. The largest absolute Gasteiger partial charge is 0.502 e. The minimum atomic E-state index is -2.76. The monoisotopic (exact) mass is 209 g/mol. The van der Waals surface area contributed by atoms with Crippen LogP contribution in [0.1, 0.15) is 12.0 Å². The topological polar surface area (TPSA) is 42.4 Å². The lowest BCUT2D eigenvalue weighted by Gasteiger charge is -2.09. The Morgan fingerprint density at radius 1 is 1.62 bits per heavy atom. The molecule has 3 nitrogen and oxygen atoms in total. The van der Waals surface area contributed by atoms with Crippen molar-refractivity contribution in [1.82, 2.24) is 4.98 Å². The number of nitrogens with zero attached hydrogens (tertiary/aromatic N) is 1. The molecular weight excluding hydrogens is 204 g/mol. The van der Waals surface area contributed by atoms with Crippen molar-refractivity contribution in [3.05, 3.63) is 16.9 Å². The summed E-state index contributed by atoms with van der Waals surface area (Å²) >= 11 is 5.38. The molecule has 13 heavy (non-hydrogen) atoms. The predicted octanol–water partition coefficient (Wildman–Crippen LogP) is 2.39. The van der Waals surface area contributed by atoms with E-state index in [1.165, 1.54) is 0 Å². The number of pyridine rings is 1. The summed E-state index contributed by atoms with van der Waals surface area (Å²) in [4.78, 5) is 3.36. The Kier molecular flexibility index (Phi) is 2.87. The number of alkyl halides is 2. The lowest BCUT2D eigenvalue weighted by Crippen LogP contribution is -1.95. The van der Waals surface area contributed by atoms with Crippen LogP contribution in [0.4, 0.5) is 8.78 Å². The van der Waals surface area contributed by atoms with Crippen molar-refractivity contribution in [3.63, 3.8) is 0 Å².